The fourth-order valence-electron chi connectivity index (χ4n) is 3.05. The van der Waals surface area contributed by atoms with Gasteiger partial charge in [-0.25, -0.2) is 0 Å². The maximum Gasteiger partial charge on any atom is 0.262 e. The highest BCUT2D eigenvalue weighted by molar-refractivity contribution is 6.04. The topological polar surface area (TPSA) is 76.7 Å². The summed E-state index contributed by atoms with van der Waals surface area (Å²) >= 11 is 0. The summed E-state index contributed by atoms with van der Waals surface area (Å²) in [5.74, 6) is 0.0800. The second-order valence-electron chi connectivity index (χ2n) is 6.72. The average Bonchev–Trinajstić information content (AvgIpc) is 3.25. The molecule has 0 spiro atoms. The van der Waals surface area contributed by atoms with Crippen LogP contribution >= 0.6 is 0 Å². The van der Waals surface area contributed by atoms with Gasteiger partial charge in [0.2, 0.25) is 0 Å². The summed E-state index contributed by atoms with van der Waals surface area (Å²) in [5.41, 5.74) is 2.09. The lowest BCUT2D eigenvalue weighted by atomic mass is 10.1. The van der Waals surface area contributed by atoms with E-state index in [1.807, 2.05) is 24.3 Å². The van der Waals surface area contributed by atoms with Crippen LogP contribution in [0.2, 0.25) is 0 Å². The van der Waals surface area contributed by atoms with Gasteiger partial charge in [0.25, 0.3) is 11.8 Å². The normalized spacial score (nSPS) is 15.8. The van der Waals surface area contributed by atoms with Crippen molar-refractivity contribution in [3.8, 4) is 5.75 Å². The zero-order chi connectivity index (χ0) is 19.8. The Morgan fingerprint density at radius 3 is 2.64 bits per heavy atom. The van der Waals surface area contributed by atoms with E-state index in [-0.39, 0.29) is 24.5 Å². The fraction of sp³-hybridized carbons (Fsp3) is 0.364. The monoisotopic (exact) mass is 382 g/mol. The first-order valence-electron chi connectivity index (χ1n) is 9.66. The van der Waals surface area contributed by atoms with Crippen LogP contribution in [0.15, 0.2) is 48.5 Å². The number of amides is 2. The standard InChI is InChI=1S/C22H26N2O4/c1-2-16-9-11-17(12-10-16)28-15-21(25)24-20-8-4-3-7-19(20)22(26)23-14-18-6-5-13-27-18/h3-4,7-12,18H,2,5-6,13-15H2,1H3,(H,23,26)(H,24,25)/t18-/m1/s1. The maximum atomic E-state index is 12.5. The van der Waals surface area contributed by atoms with Crippen LogP contribution in [0.25, 0.3) is 0 Å². The molecule has 1 aliphatic heterocycles. The van der Waals surface area contributed by atoms with Crippen LogP contribution in [-0.2, 0) is 16.0 Å². The summed E-state index contributed by atoms with van der Waals surface area (Å²) in [4.78, 5) is 24.8. The molecule has 0 saturated carbocycles. The van der Waals surface area contributed by atoms with Gasteiger partial charge in [0, 0.05) is 13.2 Å². The van der Waals surface area contributed by atoms with Crippen molar-refractivity contribution in [2.24, 2.45) is 0 Å². The first kappa shape index (κ1) is 19.9. The lowest BCUT2D eigenvalue weighted by molar-refractivity contribution is -0.118. The van der Waals surface area contributed by atoms with Crippen molar-refractivity contribution < 1.29 is 19.1 Å². The number of para-hydroxylation sites is 1. The van der Waals surface area contributed by atoms with Crippen molar-refractivity contribution in [2.75, 3.05) is 25.1 Å². The summed E-state index contributed by atoms with van der Waals surface area (Å²) < 4.78 is 11.0. The van der Waals surface area contributed by atoms with Crippen LogP contribution in [0, 0.1) is 0 Å². The minimum atomic E-state index is -0.320. The molecule has 1 heterocycles. The molecular weight excluding hydrogens is 356 g/mol. The molecule has 2 aromatic rings. The molecule has 2 amide bonds. The SMILES string of the molecule is CCc1ccc(OCC(=O)Nc2ccccc2C(=O)NC[C@H]2CCCO2)cc1. The van der Waals surface area contributed by atoms with Crippen molar-refractivity contribution in [3.05, 3.63) is 59.7 Å². The van der Waals surface area contributed by atoms with Gasteiger partial charge in [0.1, 0.15) is 5.75 Å². The molecule has 1 atom stereocenters. The zero-order valence-corrected chi connectivity index (χ0v) is 16.1. The Balaban J connectivity index is 1.54. The van der Waals surface area contributed by atoms with Crippen molar-refractivity contribution in [2.45, 2.75) is 32.3 Å². The van der Waals surface area contributed by atoms with Crippen LogP contribution in [0.4, 0.5) is 5.69 Å². The molecule has 0 unspecified atom stereocenters. The van der Waals surface area contributed by atoms with Crippen LogP contribution < -0.4 is 15.4 Å². The van der Waals surface area contributed by atoms with Gasteiger partial charge in [0.05, 0.1) is 17.4 Å². The average molecular weight is 382 g/mol. The van der Waals surface area contributed by atoms with Crippen molar-refractivity contribution in [1.82, 2.24) is 5.32 Å². The van der Waals surface area contributed by atoms with E-state index in [0.717, 1.165) is 25.9 Å². The molecule has 1 saturated heterocycles. The number of benzene rings is 2. The number of rotatable bonds is 8. The molecule has 6 heteroatoms. The molecule has 148 valence electrons. The molecule has 6 nitrogen and oxygen atoms in total. The van der Waals surface area contributed by atoms with Gasteiger partial charge in [-0.2, -0.15) is 0 Å². The first-order valence-corrected chi connectivity index (χ1v) is 9.66. The molecule has 28 heavy (non-hydrogen) atoms. The van der Waals surface area contributed by atoms with E-state index in [4.69, 9.17) is 9.47 Å². The number of hydrogen-bond donors (Lipinski definition) is 2. The molecule has 3 rings (SSSR count). The summed E-state index contributed by atoms with van der Waals surface area (Å²) in [6.45, 7) is 3.17. The van der Waals surface area contributed by atoms with Crippen molar-refractivity contribution in [1.29, 1.82) is 0 Å². The number of hydrogen-bond acceptors (Lipinski definition) is 4. The second-order valence-corrected chi connectivity index (χ2v) is 6.72. The maximum absolute atomic E-state index is 12.5. The van der Waals surface area contributed by atoms with E-state index in [2.05, 4.69) is 17.6 Å². The minimum Gasteiger partial charge on any atom is -0.484 e. The molecule has 1 fully saturated rings. The van der Waals surface area contributed by atoms with Crippen LogP contribution in [0.1, 0.15) is 35.7 Å². The van der Waals surface area contributed by atoms with Crippen molar-refractivity contribution in [3.63, 3.8) is 0 Å². The Morgan fingerprint density at radius 1 is 1.14 bits per heavy atom. The van der Waals surface area contributed by atoms with E-state index in [1.165, 1.54) is 5.56 Å². The number of carbonyl (C=O) groups excluding carboxylic acids is 2. The molecule has 0 aliphatic carbocycles. The smallest absolute Gasteiger partial charge is 0.262 e. The van der Waals surface area contributed by atoms with Gasteiger partial charge in [-0.1, -0.05) is 31.2 Å². The Hall–Kier alpha value is -2.86. The van der Waals surface area contributed by atoms with Crippen LogP contribution in [0.3, 0.4) is 0 Å². The summed E-state index contributed by atoms with van der Waals surface area (Å²) in [6, 6.07) is 14.6. The molecule has 1 aliphatic rings. The first-order chi connectivity index (χ1) is 13.7. The molecule has 2 aromatic carbocycles. The third kappa shape index (κ3) is 5.57. The van der Waals surface area contributed by atoms with E-state index in [9.17, 15) is 9.59 Å². The van der Waals surface area contributed by atoms with Gasteiger partial charge in [0.15, 0.2) is 6.61 Å². The van der Waals surface area contributed by atoms with Gasteiger partial charge in [-0.15, -0.1) is 0 Å². The molecule has 0 radical (unpaired) electrons. The lowest BCUT2D eigenvalue weighted by Crippen LogP contribution is -2.32. The van der Waals surface area contributed by atoms with Gasteiger partial charge >= 0.3 is 0 Å². The predicted octanol–water partition coefficient (Wildman–Crippen LogP) is 3.18. The third-order valence-electron chi connectivity index (χ3n) is 4.66. The Kier molecular flexibility index (Phi) is 7.03. The summed E-state index contributed by atoms with van der Waals surface area (Å²) in [6.07, 6.45) is 2.99. The van der Waals surface area contributed by atoms with E-state index in [1.54, 1.807) is 24.3 Å². The van der Waals surface area contributed by atoms with E-state index >= 15 is 0 Å². The number of ether oxygens (including phenoxy) is 2. The van der Waals surface area contributed by atoms with Gasteiger partial charge in [-0.05, 0) is 49.1 Å². The zero-order valence-electron chi connectivity index (χ0n) is 16.1. The molecule has 0 bridgehead atoms. The highest BCUT2D eigenvalue weighted by atomic mass is 16.5. The van der Waals surface area contributed by atoms with Crippen molar-refractivity contribution >= 4 is 17.5 Å². The van der Waals surface area contributed by atoms with Gasteiger partial charge < -0.3 is 20.1 Å². The van der Waals surface area contributed by atoms with Crippen LogP contribution in [0.5, 0.6) is 5.75 Å². The minimum absolute atomic E-state index is 0.0678. The fourth-order valence-corrected chi connectivity index (χ4v) is 3.05. The molecular formula is C22H26N2O4. The highest BCUT2D eigenvalue weighted by Gasteiger charge is 2.18. The highest BCUT2D eigenvalue weighted by Crippen LogP contribution is 2.17. The van der Waals surface area contributed by atoms with Gasteiger partial charge in [-0.3, -0.25) is 9.59 Å². The van der Waals surface area contributed by atoms with E-state index < -0.39 is 0 Å². The van der Waals surface area contributed by atoms with E-state index in [0.29, 0.717) is 23.5 Å². The Morgan fingerprint density at radius 2 is 1.93 bits per heavy atom. The number of nitrogens with one attached hydrogen (secondary N) is 2. The number of aryl methyl sites for hydroxylation is 1. The largest absolute Gasteiger partial charge is 0.484 e. The number of anilines is 1. The quantitative estimate of drug-likeness (QED) is 0.735. The molecule has 2 N–H and O–H groups in total. The molecule has 0 aromatic heterocycles. The Bertz CT molecular complexity index is 798. The number of carbonyl (C=O) groups is 2. The predicted molar refractivity (Wildman–Crippen MR) is 108 cm³/mol. The third-order valence-corrected chi connectivity index (χ3v) is 4.66. The summed E-state index contributed by atoms with van der Waals surface area (Å²) in [7, 11) is 0. The van der Waals surface area contributed by atoms with Crippen LogP contribution in [-0.4, -0.2) is 37.7 Å². The second kappa shape index (κ2) is 9.90. The summed E-state index contributed by atoms with van der Waals surface area (Å²) in [5, 5.41) is 5.63. The lowest BCUT2D eigenvalue weighted by Gasteiger charge is -2.14. The Labute approximate surface area is 165 Å².